The summed E-state index contributed by atoms with van der Waals surface area (Å²) in [6.07, 6.45) is 7.29. The molecule has 0 atom stereocenters. The zero-order chi connectivity index (χ0) is 25.8. The summed E-state index contributed by atoms with van der Waals surface area (Å²) in [5, 5.41) is 10.7. The van der Waals surface area contributed by atoms with E-state index in [0.717, 1.165) is 0 Å². The summed E-state index contributed by atoms with van der Waals surface area (Å²) in [5.74, 6) is -1.49. The van der Waals surface area contributed by atoms with Gasteiger partial charge in [-0.15, -0.1) is 0 Å². The van der Waals surface area contributed by atoms with Crippen LogP contribution >= 0.6 is 0 Å². The molecule has 2 N–H and O–H groups in total. The normalized spacial score (nSPS) is 14.3. The van der Waals surface area contributed by atoms with Gasteiger partial charge in [0.2, 0.25) is 0 Å². The van der Waals surface area contributed by atoms with E-state index in [1.54, 1.807) is 24.3 Å². The Labute approximate surface area is 205 Å². The average molecular weight is 487 g/mol. The van der Waals surface area contributed by atoms with E-state index in [0.29, 0.717) is 29.3 Å². The fourth-order valence-corrected chi connectivity index (χ4v) is 3.52. The Morgan fingerprint density at radius 3 is 2.31 bits per heavy atom. The first-order valence-electron chi connectivity index (χ1n) is 10.8. The lowest BCUT2D eigenvalue weighted by Crippen LogP contribution is -2.48. The van der Waals surface area contributed by atoms with Gasteiger partial charge in [-0.05, 0) is 54.6 Å². The number of amides is 1. The number of ether oxygens (including phenoxy) is 2. The van der Waals surface area contributed by atoms with Gasteiger partial charge in [0.25, 0.3) is 5.91 Å². The second kappa shape index (κ2) is 10.1. The van der Waals surface area contributed by atoms with Crippen LogP contribution in [0.15, 0.2) is 83.1 Å². The van der Waals surface area contributed by atoms with Crippen LogP contribution in [0.2, 0.25) is 0 Å². The molecule has 1 heterocycles. The molecule has 0 radical (unpaired) electrons. The summed E-state index contributed by atoms with van der Waals surface area (Å²) in [6, 6.07) is 10.2. The van der Waals surface area contributed by atoms with Crippen molar-refractivity contribution >= 4 is 41.0 Å². The van der Waals surface area contributed by atoms with Gasteiger partial charge in [-0.1, -0.05) is 12.2 Å². The van der Waals surface area contributed by atoms with Crippen molar-refractivity contribution in [1.29, 1.82) is 0 Å². The Hall–Kier alpha value is -4.99. The number of allylic oxidation sites excluding steroid dienone is 3. The van der Waals surface area contributed by atoms with Gasteiger partial charge in [0.05, 0.1) is 16.9 Å². The molecule has 0 aromatic heterocycles. The summed E-state index contributed by atoms with van der Waals surface area (Å²) < 4.78 is 10.2. The highest BCUT2D eigenvalue weighted by Crippen LogP contribution is 2.34. The number of nitrogens with one attached hydrogen (secondary N) is 1. The summed E-state index contributed by atoms with van der Waals surface area (Å²) in [6.45, 7) is 2.59. The molecule has 0 saturated heterocycles. The quantitative estimate of drug-likeness (QED) is 0.480. The number of nitrogens with zero attached hydrogens (tertiary/aromatic N) is 2. The van der Waals surface area contributed by atoms with Gasteiger partial charge >= 0.3 is 17.9 Å². The number of amidine groups is 1. The second-order valence-corrected chi connectivity index (χ2v) is 7.79. The molecule has 2 aromatic carbocycles. The highest BCUT2D eigenvalue weighted by molar-refractivity contribution is 6.15. The number of carbonyl (C=O) groups is 4. The third kappa shape index (κ3) is 5.39. The van der Waals surface area contributed by atoms with Crippen molar-refractivity contribution in [3.05, 3.63) is 89.2 Å². The molecule has 182 valence electrons. The van der Waals surface area contributed by atoms with Crippen molar-refractivity contribution in [3.63, 3.8) is 0 Å². The SMILES string of the molecule is CC(=O)OC1=CC=C(C2=Nc3ccc(C(=O)O)cc3N(C(=O)c3ccc(OC(C)=O)cc3)N2)C=CC1. The molecule has 1 aliphatic heterocycles. The lowest BCUT2D eigenvalue weighted by atomic mass is 10.1. The number of carboxylic acid groups (broad SMARTS) is 1. The van der Waals surface area contributed by atoms with E-state index in [9.17, 15) is 24.3 Å². The van der Waals surface area contributed by atoms with E-state index < -0.39 is 23.8 Å². The fourth-order valence-electron chi connectivity index (χ4n) is 3.52. The number of benzene rings is 2. The Morgan fingerprint density at radius 1 is 0.944 bits per heavy atom. The van der Waals surface area contributed by atoms with E-state index in [2.05, 4.69) is 10.4 Å². The molecule has 10 heteroatoms. The van der Waals surface area contributed by atoms with E-state index in [4.69, 9.17) is 9.47 Å². The van der Waals surface area contributed by atoms with Crippen LogP contribution in [-0.2, 0) is 14.3 Å². The first-order chi connectivity index (χ1) is 17.2. The molecular weight excluding hydrogens is 466 g/mol. The van der Waals surface area contributed by atoms with Crippen molar-refractivity contribution in [1.82, 2.24) is 5.43 Å². The third-order valence-electron chi connectivity index (χ3n) is 5.09. The Kier molecular flexibility index (Phi) is 6.77. The van der Waals surface area contributed by atoms with Crippen LogP contribution in [0.3, 0.4) is 0 Å². The number of aromatic carboxylic acids is 1. The first-order valence-corrected chi connectivity index (χ1v) is 10.8. The number of carbonyl (C=O) groups excluding carboxylic acids is 3. The van der Waals surface area contributed by atoms with Crippen molar-refractivity contribution in [3.8, 4) is 5.75 Å². The topological polar surface area (TPSA) is 135 Å². The molecular formula is C26H21N3O7. The number of rotatable bonds is 5. The number of hydrogen-bond donors (Lipinski definition) is 2. The minimum atomic E-state index is -1.15. The van der Waals surface area contributed by atoms with Crippen LogP contribution in [0.25, 0.3) is 0 Å². The van der Waals surface area contributed by atoms with Crippen molar-refractivity contribution < 1.29 is 33.8 Å². The van der Waals surface area contributed by atoms with E-state index in [1.165, 1.54) is 61.3 Å². The molecule has 0 unspecified atom stereocenters. The molecule has 0 spiro atoms. The zero-order valence-electron chi connectivity index (χ0n) is 19.3. The van der Waals surface area contributed by atoms with Crippen LogP contribution in [0, 0.1) is 0 Å². The molecule has 4 rings (SSSR count). The van der Waals surface area contributed by atoms with Crippen LogP contribution in [-0.4, -0.2) is 34.8 Å². The highest BCUT2D eigenvalue weighted by atomic mass is 16.5. The standard InChI is InChI=1S/C26H21N3O7/c1-15(30)35-20-5-3-4-17(6-10-20)24-27-22-13-9-19(26(33)34)14-23(22)29(28-24)25(32)18-7-11-21(12-8-18)36-16(2)31/h3-4,6-14H,5H2,1-2H3,(H,27,28)(H,33,34). The van der Waals surface area contributed by atoms with Crippen LogP contribution in [0.1, 0.15) is 41.0 Å². The van der Waals surface area contributed by atoms with Crippen molar-refractivity contribution in [2.45, 2.75) is 20.3 Å². The summed E-state index contributed by atoms with van der Waals surface area (Å²) in [5.41, 5.74) is 4.45. The second-order valence-electron chi connectivity index (χ2n) is 7.79. The number of fused-ring (bicyclic) bond motifs is 1. The molecule has 36 heavy (non-hydrogen) atoms. The molecule has 1 amide bonds. The smallest absolute Gasteiger partial charge is 0.335 e. The third-order valence-corrected chi connectivity index (χ3v) is 5.09. The maximum atomic E-state index is 13.5. The van der Waals surface area contributed by atoms with Crippen LogP contribution in [0.5, 0.6) is 5.75 Å². The van der Waals surface area contributed by atoms with Crippen LogP contribution in [0.4, 0.5) is 11.4 Å². The molecule has 0 fully saturated rings. The van der Waals surface area contributed by atoms with E-state index in [-0.39, 0.29) is 22.6 Å². The summed E-state index contributed by atoms with van der Waals surface area (Å²) in [4.78, 5) is 52.1. The minimum absolute atomic E-state index is 0.0141. The maximum Gasteiger partial charge on any atom is 0.335 e. The van der Waals surface area contributed by atoms with Crippen molar-refractivity contribution in [2.75, 3.05) is 5.01 Å². The van der Waals surface area contributed by atoms with E-state index >= 15 is 0 Å². The zero-order valence-corrected chi connectivity index (χ0v) is 19.3. The molecule has 0 bridgehead atoms. The van der Waals surface area contributed by atoms with Gasteiger partial charge in [-0.2, -0.15) is 0 Å². The van der Waals surface area contributed by atoms with Gasteiger partial charge in [-0.25, -0.2) is 14.8 Å². The van der Waals surface area contributed by atoms with Gasteiger partial charge in [0.15, 0.2) is 5.84 Å². The summed E-state index contributed by atoms with van der Waals surface area (Å²) in [7, 11) is 0. The number of esters is 2. The number of hydrazine groups is 1. The number of hydrogen-bond acceptors (Lipinski definition) is 8. The lowest BCUT2D eigenvalue weighted by Gasteiger charge is -2.30. The Bertz CT molecular complexity index is 1380. The molecule has 1 aliphatic carbocycles. The summed E-state index contributed by atoms with van der Waals surface area (Å²) >= 11 is 0. The predicted octanol–water partition coefficient (Wildman–Crippen LogP) is 3.84. The highest BCUT2D eigenvalue weighted by Gasteiger charge is 2.28. The average Bonchev–Trinajstić information content (AvgIpc) is 3.07. The lowest BCUT2D eigenvalue weighted by molar-refractivity contribution is -0.137. The van der Waals surface area contributed by atoms with E-state index in [1.807, 2.05) is 0 Å². The monoisotopic (exact) mass is 487 g/mol. The van der Waals surface area contributed by atoms with Crippen LogP contribution < -0.4 is 15.2 Å². The van der Waals surface area contributed by atoms with Gasteiger partial charge in [0, 0.05) is 31.4 Å². The number of aliphatic imine (C=N–C) groups is 1. The Balaban J connectivity index is 1.72. The van der Waals surface area contributed by atoms with Gasteiger partial charge < -0.3 is 14.6 Å². The van der Waals surface area contributed by atoms with Crippen molar-refractivity contribution in [2.24, 2.45) is 4.99 Å². The number of carboxylic acids is 1. The predicted molar refractivity (Wildman–Crippen MR) is 130 cm³/mol. The Morgan fingerprint density at radius 2 is 1.64 bits per heavy atom. The van der Waals surface area contributed by atoms with Gasteiger partial charge in [-0.3, -0.25) is 19.8 Å². The maximum absolute atomic E-state index is 13.5. The fraction of sp³-hybridized carbons (Fsp3) is 0.115. The molecule has 2 aliphatic rings. The number of anilines is 1. The molecule has 0 saturated carbocycles. The largest absolute Gasteiger partial charge is 0.478 e. The first kappa shape index (κ1) is 24.1. The molecule has 2 aromatic rings. The van der Waals surface area contributed by atoms with Gasteiger partial charge in [0.1, 0.15) is 11.5 Å². The minimum Gasteiger partial charge on any atom is -0.478 e. The molecule has 10 nitrogen and oxygen atoms in total.